The predicted molar refractivity (Wildman–Crippen MR) is 107 cm³/mol. The zero-order valence-electron chi connectivity index (χ0n) is 16.4. The Balaban J connectivity index is 1.95. The predicted octanol–water partition coefficient (Wildman–Crippen LogP) is 2.86. The molecule has 0 heterocycles. The van der Waals surface area contributed by atoms with Gasteiger partial charge in [0.25, 0.3) is 11.6 Å². The molecule has 2 aromatic rings. The Bertz CT molecular complexity index is 917. The molecule has 2 rings (SSSR count). The number of amides is 2. The fourth-order valence-electron chi connectivity index (χ4n) is 2.74. The summed E-state index contributed by atoms with van der Waals surface area (Å²) >= 11 is 0. The van der Waals surface area contributed by atoms with Crippen LogP contribution in [-0.4, -0.2) is 35.9 Å². The number of nitrogens with zero attached hydrogens (tertiary/aromatic N) is 1. The van der Waals surface area contributed by atoms with Gasteiger partial charge in [-0.2, -0.15) is 0 Å². The largest absolute Gasteiger partial charge is 0.378 e. The maximum atomic E-state index is 13.8. The van der Waals surface area contributed by atoms with Crippen LogP contribution in [0.5, 0.6) is 0 Å². The first kappa shape index (κ1) is 22.7. The van der Waals surface area contributed by atoms with E-state index in [1.165, 1.54) is 6.07 Å². The van der Waals surface area contributed by atoms with Crippen molar-refractivity contribution in [2.45, 2.75) is 19.9 Å². The first-order chi connectivity index (χ1) is 14.2. The van der Waals surface area contributed by atoms with Crippen LogP contribution in [0.4, 0.5) is 20.2 Å². The molecule has 0 aliphatic heterocycles. The van der Waals surface area contributed by atoms with Gasteiger partial charge in [-0.1, -0.05) is 32.0 Å². The maximum absolute atomic E-state index is 13.8. The van der Waals surface area contributed by atoms with E-state index in [-0.39, 0.29) is 24.7 Å². The zero-order valence-corrected chi connectivity index (χ0v) is 16.4. The van der Waals surface area contributed by atoms with Gasteiger partial charge in [-0.3, -0.25) is 19.7 Å². The molecule has 0 aromatic heterocycles. The second kappa shape index (κ2) is 10.3. The van der Waals surface area contributed by atoms with Gasteiger partial charge in [0.2, 0.25) is 5.91 Å². The average Bonchev–Trinajstić information content (AvgIpc) is 2.69. The Labute approximate surface area is 171 Å². The number of hydrogen-bond acceptors (Lipinski definition) is 5. The summed E-state index contributed by atoms with van der Waals surface area (Å²) in [5, 5.41) is 18.8. The highest BCUT2D eigenvalue weighted by atomic mass is 19.1. The zero-order chi connectivity index (χ0) is 22.3. The molecule has 0 aliphatic rings. The van der Waals surface area contributed by atoms with E-state index < -0.39 is 40.0 Å². The minimum absolute atomic E-state index is 0.0944. The molecular weight excluding hydrogens is 398 g/mol. The van der Waals surface area contributed by atoms with Gasteiger partial charge in [-0.05, 0) is 24.1 Å². The SMILES string of the molecule is CC(C)[C@H](NC(=O)c1c(F)cccc1F)C(=O)NCCNc1ccccc1[N+](=O)[O-]. The number of carbonyl (C=O) groups excluding carboxylic acids is 2. The lowest BCUT2D eigenvalue weighted by molar-refractivity contribution is -0.384. The number of nitro groups is 1. The summed E-state index contributed by atoms with van der Waals surface area (Å²) in [6.07, 6.45) is 0. The second-order valence-electron chi connectivity index (χ2n) is 6.78. The van der Waals surface area contributed by atoms with Gasteiger partial charge in [0, 0.05) is 19.2 Å². The topological polar surface area (TPSA) is 113 Å². The highest BCUT2D eigenvalue weighted by Crippen LogP contribution is 2.22. The fourth-order valence-corrected chi connectivity index (χ4v) is 2.74. The molecule has 30 heavy (non-hydrogen) atoms. The molecule has 0 unspecified atom stereocenters. The molecule has 2 aromatic carbocycles. The number of carbonyl (C=O) groups is 2. The molecule has 0 fully saturated rings. The number of anilines is 1. The van der Waals surface area contributed by atoms with Crippen molar-refractivity contribution < 1.29 is 23.3 Å². The van der Waals surface area contributed by atoms with Crippen LogP contribution in [0.1, 0.15) is 24.2 Å². The van der Waals surface area contributed by atoms with Gasteiger partial charge in [0.1, 0.15) is 28.9 Å². The van der Waals surface area contributed by atoms with Crippen LogP contribution in [-0.2, 0) is 4.79 Å². The van der Waals surface area contributed by atoms with Crippen molar-refractivity contribution in [1.82, 2.24) is 10.6 Å². The Morgan fingerprint density at radius 3 is 2.27 bits per heavy atom. The van der Waals surface area contributed by atoms with Gasteiger partial charge >= 0.3 is 0 Å². The quantitative estimate of drug-likeness (QED) is 0.328. The highest BCUT2D eigenvalue weighted by Gasteiger charge is 2.27. The second-order valence-corrected chi connectivity index (χ2v) is 6.78. The van der Waals surface area contributed by atoms with Crippen LogP contribution in [0.25, 0.3) is 0 Å². The van der Waals surface area contributed by atoms with Gasteiger partial charge in [0.05, 0.1) is 4.92 Å². The maximum Gasteiger partial charge on any atom is 0.292 e. The van der Waals surface area contributed by atoms with E-state index >= 15 is 0 Å². The summed E-state index contributed by atoms with van der Waals surface area (Å²) in [6, 6.07) is 8.10. The van der Waals surface area contributed by atoms with Gasteiger partial charge in [-0.25, -0.2) is 8.78 Å². The van der Waals surface area contributed by atoms with Crippen molar-refractivity contribution in [3.8, 4) is 0 Å². The normalized spacial score (nSPS) is 11.6. The molecule has 3 N–H and O–H groups in total. The third-order valence-corrected chi connectivity index (χ3v) is 4.27. The molecule has 0 spiro atoms. The van der Waals surface area contributed by atoms with E-state index in [0.717, 1.165) is 18.2 Å². The van der Waals surface area contributed by atoms with E-state index in [2.05, 4.69) is 16.0 Å². The molecule has 8 nitrogen and oxygen atoms in total. The van der Waals surface area contributed by atoms with Crippen molar-refractivity contribution in [3.63, 3.8) is 0 Å². The van der Waals surface area contributed by atoms with E-state index in [1.807, 2.05) is 0 Å². The van der Waals surface area contributed by atoms with Crippen molar-refractivity contribution in [2.24, 2.45) is 5.92 Å². The van der Waals surface area contributed by atoms with Crippen LogP contribution in [0, 0.1) is 27.7 Å². The summed E-state index contributed by atoms with van der Waals surface area (Å²) in [4.78, 5) is 35.2. The van der Waals surface area contributed by atoms with Gasteiger partial charge < -0.3 is 16.0 Å². The molecule has 160 valence electrons. The number of rotatable bonds is 9. The van der Waals surface area contributed by atoms with E-state index in [4.69, 9.17) is 0 Å². The van der Waals surface area contributed by atoms with E-state index in [0.29, 0.717) is 5.69 Å². The first-order valence-corrected chi connectivity index (χ1v) is 9.22. The molecule has 0 saturated heterocycles. The standard InChI is InChI=1S/C20H22F2N4O4/c1-12(2)18(25-19(27)17-13(21)6-5-7-14(17)22)20(28)24-11-10-23-15-8-3-4-9-16(15)26(29)30/h3-9,12,18,23H,10-11H2,1-2H3,(H,24,28)(H,25,27)/t18-/m0/s1. The summed E-state index contributed by atoms with van der Waals surface area (Å²) < 4.78 is 27.6. The summed E-state index contributed by atoms with van der Waals surface area (Å²) in [5.41, 5.74) is -0.544. The third kappa shape index (κ3) is 5.72. The number of para-hydroxylation sites is 2. The fraction of sp³-hybridized carbons (Fsp3) is 0.300. The van der Waals surface area contributed by atoms with Gasteiger partial charge in [-0.15, -0.1) is 0 Å². The molecule has 0 saturated carbocycles. The highest BCUT2D eigenvalue weighted by molar-refractivity contribution is 5.98. The van der Waals surface area contributed by atoms with Crippen LogP contribution < -0.4 is 16.0 Å². The lowest BCUT2D eigenvalue weighted by Crippen LogP contribution is -2.50. The Morgan fingerprint density at radius 2 is 1.67 bits per heavy atom. The van der Waals surface area contributed by atoms with Crippen molar-refractivity contribution in [2.75, 3.05) is 18.4 Å². The van der Waals surface area contributed by atoms with Crippen LogP contribution in [0.15, 0.2) is 42.5 Å². The molecule has 0 aliphatic carbocycles. The Kier molecular flexibility index (Phi) is 7.79. The molecule has 1 atom stereocenters. The van der Waals surface area contributed by atoms with Crippen molar-refractivity contribution in [3.05, 3.63) is 69.8 Å². The summed E-state index contributed by atoms with van der Waals surface area (Å²) in [6.45, 7) is 3.65. The van der Waals surface area contributed by atoms with Gasteiger partial charge in [0.15, 0.2) is 0 Å². The molecule has 0 radical (unpaired) electrons. The molecule has 2 amide bonds. The van der Waals surface area contributed by atoms with Crippen LogP contribution in [0.2, 0.25) is 0 Å². The number of hydrogen-bond donors (Lipinski definition) is 3. The lowest BCUT2D eigenvalue weighted by Gasteiger charge is -2.22. The monoisotopic (exact) mass is 420 g/mol. The molecule has 10 heteroatoms. The summed E-state index contributed by atoms with van der Waals surface area (Å²) in [5.74, 6) is -3.97. The average molecular weight is 420 g/mol. The Morgan fingerprint density at radius 1 is 1.03 bits per heavy atom. The first-order valence-electron chi connectivity index (χ1n) is 9.22. The number of halogens is 2. The lowest BCUT2D eigenvalue weighted by atomic mass is 10.0. The van der Waals surface area contributed by atoms with E-state index in [1.54, 1.807) is 32.0 Å². The van der Waals surface area contributed by atoms with Crippen molar-refractivity contribution in [1.29, 1.82) is 0 Å². The minimum atomic E-state index is -1.03. The Hall–Kier alpha value is -3.56. The van der Waals surface area contributed by atoms with Crippen molar-refractivity contribution >= 4 is 23.2 Å². The number of nitro benzene ring substituents is 1. The molecule has 0 bridgehead atoms. The smallest absolute Gasteiger partial charge is 0.292 e. The molecular formula is C20H22F2N4O4. The van der Waals surface area contributed by atoms with E-state index in [9.17, 15) is 28.5 Å². The number of nitrogens with one attached hydrogen (secondary N) is 3. The van der Waals surface area contributed by atoms with Crippen LogP contribution in [0.3, 0.4) is 0 Å². The minimum Gasteiger partial charge on any atom is -0.378 e. The summed E-state index contributed by atoms with van der Waals surface area (Å²) in [7, 11) is 0. The van der Waals surface area contributed by atoms with Crippen LogP contribution >= 0.6 is 0 Å². The third-order valence-electron chi connectivity index (χ3n) is 4.27. The number of benzene rings is 2.